The molecule has 0 aromatic heterocycles. The van der Waals surface area contributed by atoms with Gasteiger partial charge in [-0.25, -0.2) is 0 Å². The number of rotatable bonds is 6. The summed E-state index contributed by atoms with van der Waals surface area (Å²) in [6, 6.07) is 1.19. The van der Waals surface area contributed by atoms with Crippen LogP contribution in [0.4, 0.5) is 0 Å². The van der Waals surface area contributed by atoms with E-state index in [1.165, 1.54) is 6.04 Å². The molecule has 3 nitrogen and oxygen atoms in total. The summed E-state index contributed by atoms with van der Waals surface area (Å²) in [5, 5.41) is 0. The zero-order chi connectivity index (χ0) is 11.4. The van der Waals surface area contributed by atoms with Gasteiger partial charge >= 0.3 is 0 Å². The molecule has 0 radical (unpaired) electrons. The molecule has 2 N–H and O–H groups in total. The molecule has 0 unspecified atom stereocenters. The van der Waals surface area contributed by atoms with Crippen LogP contribution in [0, 0.1) is 0 Å². The van der Waals surface area contributed by atoms with Crippen LogP contribution in [0.25, 0.3) is 0 Å². The maximum atomic E-state index is 5.61. The molecule has 0 rings (SSSR count). The first-order valence-electron chi connectivity index (χ1n) is 5.37. The van der Waals surface area contributed by atoms with Crippen molar-refractivity contribution in [1.29, 1.82) is 0 Å². The third-order valence-corrected chi connectivity index (χ3v) is 5.01. The summed E-state index contributed by atoms with van der Waals surface area (Å²) in [4.78, 5) is 0. The van der Waals surface area contributed by atoms with Gasteiger partial charge in [0.05, 0.1) is 0 Å². The Bertz CT molecular complexity index is 111. The van der Waals surface area contributed by atoms with Gasteiger partial charge in [-0.05, 0) is 46.0 Å². The lowest BCUT2D eigenvalue weighted by molar-refractivity contribution is 0.328. The summed E-state index contributed by atoms with van der Waals surface area (Å²) in [5.41, 5.74) is 5.40. The fourth-order valence-electron chi connectivity index (χ4n) is 0.991. The first kappa shape index (κ1) is 16.7. The predicted molar refractivity (Wildman–Crippen MR) is 69.2 cm³/mol. The Morgan fingerprint density at radius 3 is 2.00 bits per heavy atom. The smallest absolute Gasteiger partial charge is 0.186 e. The summed E-state index contributed by atoms with van der Waals surface area (Å²) in [6.07, 6.45) is 1.11. The SMILES string of the molecule is CCO[SiH3].CCO[Si](C)(C)CCCN. The van der Waals surface area contributed by atoms with Crippen molar-refractivity contribution in [3.8, 4) is 0 Å². The van der Waals surface area contributed by atoms with Gasteiger partial charge in [0.15, 0.2) is 8.32 Å². The van der Waals surface area contributed by atoms with E-state index >= 15 is 0 Å². The lowest BCUT2D eigenvalue weighted by Gasteiger charge is -2.21. The molecule has 0 amide bonds. The van der Waals surface area contributed by atoms with Gasteiger partial charge in [-0.2, -0.15) is 0 Å². The molecule has 0 fully saturated rings. The van der Waals surface area contributed by atoms with E-state index in [4.69, 9.17) is 10.2 Å². The van der Waals surface area contributed by atoms with Gasteiger partial charge < -0.3 is 14.6 Å². The van der Waals surface area contributed by atoms with Crippen molar-refractivity contribution in [2.45, 2.75) is 39.4 Å². The molecule has 14 heavy (non-hydrogen) atoms. The molecular weight excluding hydrogens is 210 g/mol. The maximum Gasteiger partial charge on any atom is 0.186 e. The van der Waals surface area contributed by atoms with E-state index in [9.17, 15) is 0 Å². The first-order chi connectivity index (χ1) is 6.54. The average molecular weight is 237 g/mol. The van der Waals surface area contributed by atoms with Gasteiger partial charge in [0.25, 0.3) is 0 Å². The third kappa shape index (κ3) is 14.8. The molecule has 0 heterocycles. The summed E-state index contributed by atoms with van der Waals surface area (Å²) in [7, 11) is -0.415. The van der Waals surface area contributed by atoms with Gasteiger partial charge in [0.1, 0.15) is 10.5 Å². The molecule has 0 aromatic rings. The molecule has 88 valence electrons. The second-order valence-corrected chi connectivity index (χ2v) is 8.55. The van der Waals surface area contributed by atoms with E-state index in [0.29, 0.717) is 0 Å². The molecule has 0 saturated carbocycles. The van der Waals surface area contributed by atoms with Gasteiger partial charge in [-0.3, -0.25) is 0 Å². The molecule has 0 aliphatic rings. The number of hydrogen-bond acceptors (Lipinski definition) is 3. The summed E-state index contributed by atoms with van der Waals surface area (Å²) >= 11 is 0. The van der Waals surface area contributed by atoms with Crippen LogP contribution in [0.3, 0.4) is 0 Å². The van der Waals surface area contributed by atoms with E-state index in [2.05, 4.69) is 24.4 Å². The Morgan fingerprint density at radius 1 is 1.21 bits per heavy atom. The second kappa shape index (κ2) is 11.4. The fourth-order valence-corrected chi connectivity index (χ4v) is 2.97. The van der Waals surface area contributed by atoms with Crippen molar-refractivity contribution in [2.75, 3.05) is 19.8 Å². The standard InChI is InChI=1S/C7H19NOSi.C2H8OSi/c1-4-9-10(2,3)7-5-6-8;1-2-3-4/h4-8H2,1-3H3;2H2,1,4H3. The Hall–Kier alpha value is 0.314. The quantitative estimate of drug-likeness (QED) is 0.698. The highest BCUT2D eigenvalue weighted by Gasteiger charge is 2.19. The Labute approximate surface area is 93.0 Å². The zero-order valence-electron chi connectivity index (χ0n) is 10.4. The molecule has 0 spiro atoms. The largest absolute Gasteiger partial charge is 0.428 e. The van der Waals surface area contributed by atoms with Crippen molar-refractivity contribution >= 4 is 18.8 Å². The molecule has 0 saturated heterocycles. The fraction of sp³-hybridized carbons (Fsp3) is 1.00. The lowest BCUT2D eigenvalue weighted by Crippen LogP contribution is -2.30. The third-order valence-electron chi connectivity index (χ3n) is 1.81. The van der Waals surface area contributed by atoms with Crippen molar-refractivity contribution in [3.05, 3.63) is 0 Å². The Kier molecular flexibility index (Phi) is 13.6. The summed E-state index contributed by atoms with van der Waals surface area (Å²) in [5.74, 6) is 0. The minimum absolute atomic E-state index is 0.795. The Balaban J connectivity index is 0. The van der Waals surface area contributed by atoms with E-state index < -0.39 is 8.32 Å². The molecule has 0 aromatic carbocycles. The molecule has 5 heteroatoms. The molecular formula is C9H27NO2Si2. The highest BCUT2D eigenvalue weighted by Crippen LogP contribution is 2.12. The van der Waals surface area contributed by atoms with Gasteiger partial charge in [-0.15, -0.1) is 0 Å². The summed E-state index contributed by atoms with van der Waals surface area (Å²) in [6.45, 7) is 11.1. The van der Waals surface area contributed by atoms with Crippen LogP contribution in [0.5, 0.6) is 0 Å². The van der Waals surface area contributed by atoms with Crippen LogP contribution in [-0.4, -0.2) is 38.6 Å². The van der Waals surface area contributed by atoms with Gasteiger partial charge in [-0.1, -0.05) is 0 Å². The zero-order valence-corrected chi connectivity index (χ0v) is 13.4. The summed E-state index contributed by atoms with van der Waals surface area (Å²) < 4.78 is 10.3. The maximum absolute atomic E-state index is 5.61. The van der Waals surface area contributed by atoms with Crippen molar-refractivity contribution in [1.82, 2.24) is 0 Å². The van der Waals surface area contributed by atoms with Crippen LogP contribution in [0.2, 0.25) is 19.1 Å². The number of nitrogens with two attached hydrogens (primary N) is 1. The van der Waals surface area contributed by atoms with Crippen LogP contribution in [-0.2, 0) is 8.85 Å². The molecule has 0 bridgehead atoms. The molecule has 0 atom stereocenters. The van der Waals surface area contributed by atoms with Crippen molar-refractivity contribution < 1.29 is 8.85 Å². The van der Waals surface area contributed by atoms with E-state index in [1.54, 1.807) is 0 Å². The van der Waals surface area contributed by atoms with E-state index in [-0.39, 0.29) is 0 Å². The van der Waals surface area contributed by atoms with Gasteiger partial charge in [0.2, 0.25) is 0 Å². The van der Waals surface area contributed by atoms with Gasteiger partial charge in [0, 0.05) is 13.2 Å². The molecule has 0 aliphatic heterocycles. The van der Waals surface area contributed by atoms with Crippen molar-refractivity contribution in [3.63, 3.8) is 0 Å². The normalized spacial score (nSPS) is 10.9. The van der Waals surface area contributed by atoms with Crippen LogP contribution in [0.1, 0.15) is 20.3 Å². The highest BCUT2D eigenvalue weighted by molar-refractivity contribution is 6.71. The predicted octanol–water partition coefficient (Wildman–Crippen LogP) is 0.880. The lowest BCUT2D eigenvalue weighted by atomic mass is 10.5. The monoisotopic (exact) mass is 237 g/mol. The average Bonchev–Trinajstić information content (AvgIpc) is 2.15. The van der Waals surface area contributed by atoms with Crippen LogP contribution < -0.4 is 5.73 Å². The second-order valence-electron chi connectivity index (χ2n) is 3.66. The Morgan fingerprint density at radius 2 is 1.71 bits per heavy atom. The topological polar surface area (TPSA) is 44.5 Å². The highest BCUT2D eigenvalue weighted by atomic mass is 28.4. The van der Waals surface area contributed by atoms with Crippen LogP contribution >= 0.6 is 0 Å². The minimum atomic E-state index is -1.30. The first-order valence-corrected chi connectivity index (χ1v) is 9.30. The molecule has 0 aliphatic carbocycles. The van der Waals surface area contributed by atoms with Crippen LogP contribution in [0.15, 0.2) is 0 Å². The van der Waals surface area contributed by atoms with E-state index in [0.717, 1.165) is 36.7 Å². The minimum Gasteiger partial charge on any atom is -0.428 e. The van der Waals surface area contributed by atoms with E-state index in [1.807, 2.05) is 6.92 Å². The number of hydrogen-bond donors (Lipinski definition) is 1. The van der Waals surface area contributed by atoms with Crippen molar-refractivity contribution in [2.24, 2.45) is 5.73 Å².